The molecule has 0 bridgehead atoms. The third kappa shape index (κ3) is 2.29. The maximum atomic E-state index is 11.0. The number of nitro benzene ring substituents is 1. The molecule has 1 aromatic carbocycles. The SMILES string of the molecule is Cc1ccc(-c2noc(N)c2C(C)C)cc1[N+](=O)[O-]. The van der Waals surface area contributed by atoms with Gasteiger partial charge in [0.2, 0.25) is 5.88 Å². The lowest BCUT2D eigenvalue weighted by Gasteiger charge is -2.06. The van der Waals surface area contributed by atoms with Gasteiger partial charge in [0.05, 0.1) is 4.92 Å². The predicted octanol–water partition coefficient (Wildman–Crippen LogP) is 3.26. The average Bonchev–Trinajstić information content (AvgIpc) is 2.71. The molecule has 2 rings (SSSR count). The molecule has 0 radical (unpaired) electrons. The Balaban J connectivity index is 2.60. The van der Waals surface area contributed by atoms with Crippen LogP contribution >= 0.6 is 0 Å². The minimum Gasteiger partial charge on any atom is -0.367 e. The van der Waals surface area contributed by atoms with E-state index in [2.05, 4.69) is 5.16 Å². The Bertz CT molecular complexity index is 632. The van der Waals surface area contributed by atoms with Gasteiger partial charge in [-0.3, -0.25) is 10.1 Å². The first-order valence-electron chi connectivity index (χ1n) is 5.92. The Morgan fingerprint density at radius 1 is 1.42 bits per heavy atom. The topological polar surface area (TPSA) is 95.2 Å². The molecule has 0 aliphatic heterocycles. The monoisotopic (exact) mass is 261 g/mol. The number of anilines is 1. The number of benzene rings is 1. The smallest absolute Gasteiger partial charge is 0.272 e. The molecule has 1 aromatic heterocycles. The lowest BCUT2D eigenvalue weighted by molar-refractivity contribution is -0.385. The summed E-state index contributed by atoms with van der Waals surface area (Å²) in [5, 5.41) is 14.9. The van der Waals surface area contributed by atoms with E-state index in [1.807, 2.05) is 13.8 Å². The number of nitro groups is 1. The number of hydrogen-bond donors (Lipinski definition) is 1. The number of aryl methyl sites for hydroxylation is 1. The van der Waals surface area contributed by atoms with Gasteiger partial charge < -0.3 is 10.3 Å². The van der Waals surface area contributed by atoms with Crippen molar-refractivity contribution >= 4 is 11.6 Å². The highest BCUT2D eigenvalue weighted by Gasteiger charge is 2.20. The van der Waals surface area contributed by atoms with E-state index in [-0.39, 0.29) is 17.5 Å². The van der Waals surface area contributed by atoms with E-state index in [0.29, 0.717) is 16.8 Å². The molecule has 0 aliphatic rings. The Morgan fingerprint density at radius 3 is 2.68 bits per heavy atom. The zero-order chi connectivity index (χ0) is 14.2. The van der Waals surface area contributed by atoms with Crippen LogP contribution in [0.2, 0.25) is 0 Å². The number of nitrogen functional groups attached to an aromatic ring is 1. The van der Waals surface area contributed by atoms with Crippen molar-refractivity contribution < 1.29 is 9.45 Å². The lowest BCUT2D eigenvalue weighted by atomic mass is 9.98. The fourth-order valence-electron chi connectivity index (χ4n) is 2.03. The van der Waals surface area contributed by atoms with Gasteiger partial charge in [-0.25, -0.2) is 0 Å². The van der Waals surface area contributed by atoms with Gasteiger partial charge in [0.25, 0.3) is 5.69 Å². The molecule has 2 N–H and O–H groups in total. The largest absolute Gasteiger partial charge is 0.367 e. The molecule has 0 amide bonds. The van der Waals surface area contributed by atoms with Crippen LogP contribution in [-0.2, 0) is 0 Å². The fourth-order valence-corrected chi connectivity index (χ4v) is 2.03. The Morgan fingerprint density at radius 2 is 2.11 bits per heavy atom. The Labute approximate surface area is 110 Å². The molecule has 19 heavy (non-hydrogen) atoms. The summed E-state index contributed by atoms with van der Waals surface area (Å²) in [6, 6.07) is 4.98. The lowest BCUT2D eigenvalue weighted by Crippen LogP contribution is -1.96. The van der Waals surface area contributed by atoms with Crippen LogP contribution in [0.15, 0.2) is 22.7 Å². The molecule has 0 aliphatic carbocycles. The molecule has 0 atom stereocenters. The van der Waals surface area contributed by atoms with Crippen LogP contribution in [0.5, 0.6) is 0 Å². The zero-order valence-electron chi connectivity index (χ0n) is 11.0. The van der Waals surface area contributed by atoms with Crippen LogP contribution in [0.1, 0.15) is 30.9 Å². The second-order valence-corrected chi connectivity index (χ2v) is 4.72. The summed E-state index contributed by atoms with van der Waals surface area (Å²) in [5.41, 5.74) is 8.40. The molecule has 0 saturated carbocycles. The fraction of sp³-hybridized carbons (Fsp3) is 0.308. The van der Waals surface area contributed by atoms with Crippen molar-refractivity contribution in [2.24, 2.45) is 0 Å². The van der Waals surface area contributed by atoms with Gasteiger partial charge in [0, 0.05) is 22.8 Å². The predicted molar refractivity (Wildman–Crippen MR) is 71.8 cm³/mol. The number of hydrogen-bond acceptors (Lipinski definition) is 5. The van der Waals surface area contributed by atoms with Gasteiger partial charge in [-0.2, -0.15) is 0 Å². The van der Waals surface area contributed by atoms with E-state index in [1.54, 1.807) is 19.1 Å². The first-order valence-corrected chi connectivity index (χ1v) is 5.92. The molecule has 6 heteroatoms. The highest BCUT2D eigenvalue weighted by atomic mass is 16.6. The molecule has 0 unspecified atom stereocenters. The quantitative estimate of drug-likeness (QED) is 0.675. The van der Waals surface area contributed by atoms with Crippen molar-refractivity contribution in [1.29, 1.82) is 0 Å². The van der Waals surface area contributed by atoms with Gasteiger partial charge in [-0.15, -0.1) is 0 Å². The molecule has 1 heterocycles. The van der Waals surface area contributed by atoms with Gasteiger partial charge >= 0.3 is 0 Å². The maximum Gasteiger partial charge on any atom is 0.272 e. The first-order chi connectivity index (χ1) is 8.91. The first kappa shape index (κ1) is 13.1. The minimum atomic E-state index is -0.405. The molecular formula is C13H15N3O3. The molecule has 0 fully saturated rings. The third-order valence-corrected chi connectivity index (χ3v) is 3.01. The standard InChI is InChI=1S/C13H15N3O3/c1-7(2)11-12(15-19-13(11)14)9-5-4-8(3)10(6-9)16(17)18/h4-7H,14H2,1-3H3. The summed E-state index contributed by atoms with van der Waals surface area (Å²) in [6.07, 6.45) is 0. The van der Waals surface area contributed by atoms with Crippen LogP contribution < -0.4 is 5.73 Å². The van der Waals surface area contributed by atoms with E-state index >= 15 is 0 Å². The van der Waals surface area contributed by atoms with Gasteiger partial charge in [-0.05, 0) is 12.8 Å². The van der Waals surface area contributed by atoms with Gasteiger partial charge in [0.15, 0.2) is 0 Å². The van der Waals surface area contributed by atoms with Crippen molar-refractivity contribution in [3.8, 4) is 11.3 Å². The number of rotatable bonds is 3. The second-order valence-electron chi connectivity index (χ2n) is 4.72. The molecule has 6 nitrogen and oxygen atoms in total. The second kappa shape index (κ2) is 4.72. The van der Waals surface area contributed by atoms with Crippen molar-refractivity contribution in [3.05, 3.63) is 39.4 Å². The van der Waals surface area contributed by atoms with Crippen LogP contribution in [-0.4, -0.2) is 10.1 Å². The molecule has 100 valence electrons. The van der Waals surface area contributed by atoms with E-state index < -0.39 is 4.92 Å². The highest BCUT2D eigenvalue weighted by Crippen LogP contribution is 2.34. The summed E-state index contributed by atoms with van der Waals surface area (Å²) in [5.74, 6) is 0.384. The zero-order valence-corrected chi connectivity index (χ0v) is 11.0. The Hall–Kier alpha value is -2.37. The molecular weight excluding hydrogens is 246 g/mol. The molecule has 0 saturated heterocycles. The Kier molecular flexibility index (Phi) is 3.25. The van der Waals surface area contributed by atoms with Gasteiger partial charge in [-0.1, -0.05) is 31.1 Å². The van der Waals surface area contributed by atoms with E-state index in [9.17, 15) is 10.1 Å². The number of aromatic nitrogens is 1. The van der Waals surface area contributed by atoms with Crippen LogP contribution in [0.25, 0.3) is 11.3 Å². The summed E-state index contributed by atoms with van der Waals surface area (Å²) in [4.78, 5) is 10.6. The van der Waals surface area contributed by atoms with Crippen LogP contribution in [0, 0.1) is 17.0 Å². The average molecular weight is 261 g/mol. The summed E-state index contributed by atoms with van der Waals surface area (Å²) in [6.45, 7) is 5.63. The van der Waals surface area contributed by atoms with Crippen LogP contribution in [0.3, 0.4) is 0 Å². The number of nitrogens with zero attached hydrogens (tertiary/aromatic N) is 2. The molecule has 2 aromatic rings. The van der Waals surface area contributed by atoms with Crippen LogP contribution in [0.4, 0.5) is 11.6 Å². The molecule has 0 spiro atoms. The van der Waals surface area contributed by atoms with Crippen molar-refractivity contribution in [3.63, 3.8) is 0 Å². The van der Waals surface area contributed by atoms with Gasteiger partial charge in [0.1, 0.15) is 5.69 Å². The summed E-state index contributed by atoms with van der Waals surface area (Å²) >= 11 is 0. The van der Waals surface area contributed by atoms with Crippen molar-refractivity contribution in [1.82, 2.24) is 5.16 Å². The normalized spacial score (nSPS) is 10.9. The highest BCUT2D eigenvalue weighted by molar-refractivity contribution is 5.70. The van der Waals surface area contributed by atoms with Crippen molar-refractivity contribution in [2.45, 2.75) is 26.7 Å². The van der Waals surface area contributed by atoms with Crippen molar-refractivity contribution in [2.75, 3.05) is 5.73 Å². The van der Waals surface area contributed by atoms with E-state index in [1.165, 1.54) is 6.07 Å². The van der Waals surface area contributed by atoms with E-state index in [4.69, 9.17) is 10.3 Å². The summed E-state index contributed by atoms with van der Waals surface area (Å²) < 4.78 is 5.00. The number of nitrogens with two attached hydrogens (primary N) is 1. The summed E-state index contributed by atoms with van der Waals surface area (Å²) in [7, 11) is 0. The van der Waals surface area contributed by atoms with E-state index in [0.717, 1.165) is 5.56 Å². The maximum absolute atomic E-state index is 11.0. The third-order valence-electron chi connectivity index (χ3n) is 3.01. The minimum absolute atomic E-state index is 0.0637.